The normalized spacial score (nSPS) is 13.8. The Balaban J connectivity index is 2.99. The van der Waals surface area contributed by atoms with Gasteiger partial charge >= 0.3 is 0 Å². The number of hydrogen-bond acceptors (Lipinski definition) is 3. The second-order valence-corrected chi connectivity index (χ2v) is 6.36. The molecule has 1 aromatic carbocycles. The average molecular weight is 307 g/mol. The Morgan fingerprint density at radius 3 is 2.23 bits per heavy atom. The summed E-state index contributed by atoms with van der Waals surface area (Å²) in [5.74, 6) is 1.13. The molecule has 0 aliphatic heterocycles. The van der Waals surface area contributed by atoms with Crippen LogP contribution < -0.4 is 10.1 Å². The van der Waals surface area contributed by atoms with Crippen LogP contribution in [-0.2, 0) is 9.53 Å². The molecule has 0 saturated carbocycles. The van der Waals surface area contributed by atoms with Crippen LogP contribution in [0.1, 0.15) is 45.2 Å². The standard InChI is InChI=1S/C18H29NO3/c1-8-22-18(6,11-12(2)3)17(20)19-15-9-13(4)16(21-7)14(5)10-15/h9-10,12H,8,11H2,1-7H3,(H,19,20)/t18-/m1/s1. The van der Waals surface area contributed by atoms with Crippen LogP contribution in [0.5, 0.6) is 5.75 Å². The number of carbonyl (C=O) groups excluding carboxylic acids is 1. The molecule has 1 N–H and O–H groups in total. The first kappa shape index (κ1) is 18.5. The Hall–Kier alpha value is -1.55. The third-order valence-corrected chi connectivity index (χ3v) is 3.66. The number of aryl methyl sites for hydroxylation is 2. The Labute approximate surface area is 134 Å². The highest BCUT2D eigenvalue weighted by Crippen LogP contribution is 2.28. The van der Waals surface area contributed by atoms with Gasteiger partial charge in [0.2, 0.25) is 0 Å². The van der Waals surface area contributed by atoms with Crippen molar-refractivity contribution in [1.29, 1.82) is 0 Å². The molecule has 0 spiro atoms. The molecule has 0 radical (unpaired) electrons. The lowest BCUT2D eigenvalue weighted by Gasteiger charge is -2.30. The van der Waals surface area contributed by atoms with Crippen molar-refractivity contribution in [2.24, 2.45) is 5.92 Å². The van der Waals surface area contributed by atoms with Gasteiger partial charge in [-0.05, 0) is 63.3 Å². The van der Waals surface area contributed by atoms with E-state index >= 15 is 0 Å². The fraction of sp³-hybridized carbons (Fsp3) is 0.611. The van der Waals surface area contributed by atoms with Crippen molar-refractivity contribution in [2.75, 3.05) is 19.0 Å². The molecule has 0 heterocycles. The number of rotatable bonds is 7. The van der Waals surface area contributed by atoms with Crippen molar-refractivity contribution in [3.8, 4) is 5.75 Å². The van der Waals surface area contributed by atoms with E-state index in [9.17, 15) is 4.79 Å². The molecule has 1 aromatic rings. The number of methoxy groups -OCH3 is 1. The molecule has 4 nitrogen and oxygen atoms in total. The maximum Gasteiger partial charge on any atom is 0.256 e. The molecule has 1 amide bonds. The highest BCUT2D eigenvalue weighted by molar-refractivity contribution is 5.97. The fourth-order valence-electron chi connectivity index (χ4n) is 2.92. The second-order valence-electron chi connectivity index (χ2n) is 6.36. The van der Waals surface area contributed by atoms with Crippen LogP contribution in [0.3, 0.4) is 0 Å². The lowest BCUT2D eigenvalue weighted by Crippen LogP contribution is -2.44. The van der Waals surface area contributed by atoms with E-state index < -0.39 is 5.60 Å². The summed E-state index contributed by atoms with van der Waals surface area (Å²) in [6, 6.07) is 3.84. The zero-order valence-electron chi connectivity index (χ0n) is 14.9. The molecule has 0 saturated heterocycles. The van der Waals surface area contributed by atoms with Crippen LogP contribution in [-0.4, -0.2) is 25.2 Å². The Morgan fingerprint density at radius 2 is 1.82 bits per heavy atom. The van der Waals surface area contributed by atoms with E-state index in [0.29, 0.717) is 18.9 Å². The van der Waals surface area contributed by atoms with Crippen LogP contribution in [0.25, 0.3) is 0 Å². The zero-order chi connectivity index (χ0) is 16.9. The lowest BCUT2D eigenvalue weighted by molar-refractivity contribution is -0.140. The van der Waals surface area contributed by atoms with Gasteiger partial charge in [0.15, 0.2) is 0 Å². The number of anilines is 1. The van der Waals surface area contributed by atoms with Crippen molar-refractivity contribution in [3.05, 3.63) is 23.3 Å². The number of nitrogens with one attached hydrogen (secondary N) is 1. The molecular formula is C18H29NO3. The van der Waals surface area contributed by atoms with E-state index in [2.05, 4.69) is 19.2 Å². The largest absolute Gasteiger partial charge is 0.496 e. The van der Waals surface area contributed by atoms with Crippen LogP contribution in [0.2, 0.25) is 0 Å². The predicted octanol–water partition coefficient (Wildman–Crippen LogP) is 4.09. The number of benzene rings is 1. The summed E-state index contributed by atoms with van der Waals surface area (Å²) in [7, 11) is 1.66. The van der Waals surface area contributed by atoms with Crippen LogP contribution in [0.4, 0.5) is 5.69 Å². The fourth-order valence-corrected chi connectivity index (χ4v) is 2.92. The van der Waals surface area contributed by atoms with Crippen LogP contribution >= 0.6 is 0 Å². The number of hydrogen-bond donors (Lipinski definition) is 1. The molecule has 0 aromatic heterocycles. The molecule has 22 heavy (non-hydrogen) atoms. The van der Waals surface area contributed by atoms with Gasteiger partial charge in [0.25, 0.3) is 5.91 Å². The molecule has 0 fully saturated rings. The highest BCUT2D eigenvalue weighted by Gasteiger charge is 2.34. The summed E-state index contributed by atoms with van der Waals surface area (Å²) in [4.78, 5) is 12.7. The molecule has 1 rings (SSSR count). The topological polar surface area (TPSA) is 47.6 Å². The van der Waals surface area contributed by atoms with Gasteiger partial charge in [0.05, 0.1) is 7.11 Å². The van der Waals surface area contributed by atoms with Crippen molar-refractivity contribution in [2.45, 2.75) is 53.6 Å². The first-order valence-corrected chi connectivity index (χ1v) is 7.84. The molecule has 0 aliphatic carbocycles. The van der Waals surface area contributed by atoms with E-state index in [1.165, 1.54) is 0 Å². The first-order chi connectivity index (χ1) is 10.2. The Kier molecular flexibility index (Phi) is 6.42. The van der Waals surface area contributed by atoms with Gasteiger partial charge in [-0.1, -0.05) is 13.8 Å². The van der Waals surface area contributed by atoms with Crippen LogP contribution in [0, 0.1) is 19.8 Å². The zero-order valence-corrected chi connectivity index (χ0v) is 14.9. The van der Waals surface area contributed by atoms with Gasteiger partial charge in [0, 0.05) is 12.3 Å². The quantitative estimate of drug-likeness (QED) is 0.825. The SMILES string of the molecule is CCO[C@](C)(CC(C)C)C(=O)Nc1cc(C)c(OC)c(C)c1. The van der Waals surface area contributed by atoms with Crippen molar-refractivity contribution >= 4 is 11.6 Å². The minimum atomic E-state index is -0.815. The second kappa shape index (κ2) is 7.63. The van der Waals surface area contributed by atoms with Crippen molar-refractivity contribution in [1.82, 2.24) is 0 Å². The predicted molar refractivity (Wildman–Crippen MR) is 90.6 cm³/mol. The maximum atomic E-state index is 12.7. The van der Waals surface area contributed by atoms with E-state index in [4.69, 9.17) is 9.47 Å². The lowest BCUT2D eigenvalue weighted by atomic mass is 9.93. The van der Waals surface area contributed by atoms with E-state index in [0.717, 1.165) is 22.6 Å². The molecule has 124 valence electrons. The Morgan fingerprint density at radius 1 is 1.27 bits per heavy atom. The maximum absolute atomic E-state index is 12.7. The minimum Gasteiger partial charge on any atom is -0.496 e. The summed E-state index contributed by atoms with van der Waals surface area (Å²) in [6.45, 7) is 12.4. The summed E-state index contributed by atoms with van der Waals surface area (Å²) < 4.78 is 11.1. The summed E-state index contributed by atoms with van der Waals surface area (Å²) in [5, 5.41) is 2.99. The highest BCUT2D eigenvalue weighted by atomic mass is 16.5. The first-order valence-electron chi connectivity index (χ1n) is 7.84. The third-order valence-electron chi connectivity index (χ3n) is 3.66. The van der Waals surface area contributed by atoms with E-state index in [1.807, 2.05) is 39.8 Å². The minimum absolute atomic E-state index is 0.105. The number of amides is 1. The summed E-state index contributed by atoms with van der Waals surface area (Å²) >= 11 is 0. The van der Waals surface area contributed by atoms with Crippen molar-refractivity contribution in [3.63, 3.8) is 0 Å². The van der Waals surface area contributed by atoms with Gasteiger partial charge < -0.3 is 14.8 Å². The molecule has 4 heteroatoms. The van der Waals surface area contributed by atoms with Gasteiger partial charge in [-0.25, -0.2) is 0 Å². The van der Waals surface area contributed by atoms with Crippen molar-refractivity contribution < 1.29 is 14.3 Å². The van der Waals surface area contributed by atoms with E-state index in [-0.39, 0.29) is 5.91 Å². The third kappa shape index (κ3) is 4.47. The van der Waals surface area contributed by atoms with E-state index in [1.54, 1.807) is 7.11 Å². The molecule has 1 atom stereocenters. The van der Waals surface area contributed by atoms with Gasteiger partial charge in [-0.15, -0.1) is 0 Å². The molecular weight excluding hydrogens is 278 g/mol. The molecule has 0 aliphatic rings. The number of ether oxygens (including phenoxy) is 2. The monoisotopic (exact) mass is 307 g/mol. The summed E-state index contributed by atoms with van der Waals surface area (Å²) in [5.41, 5.74) is 1.96. The van der Waals surface area contributed by atoms with Gasteiger partial charge in [0.1, 0.15) is 11.4 Å². The molecule has 0 bridgehead atoms. The smallest absolute Gasteiger partial charge is 0.256 e. The average Bonchev–Trinajstić information content (AvgIpc) is 2.37. The number of carbonyl (C=O) groups is 1. The Bertz CT molecular complexity index is 502. The van der Waals surface area contributed by atoms with Gasteiger partial charge in [-0.2, -0.15) is 0 Å². The van der Waals surface area contributed by atoms with Crippen LogP contribution in [0.15, 0.2) is 12.1 Å². The molecule has 0 unspecified atom stereocenters. The van der Waals surface area contributed by atoms with Gasteiger partial charge in [-0.3, -0.25) is 4.79 Å². The summed E-state index contributed by atoms with van der Waals surface area (Å²) in [6.07, 6.45) is 0.681.